The van der Waals surface area contributed by atoms with Gasteiger partial charge in [0.05, 0.1) is 28.9 Å². The summed E-state index contributed by atoms with van der Waals surface area (Å²) in [6, 6.07) is 10.2. The third kappa shape index (κ3) is 6.71. The first-order chi connectivity index (χ1) is 17.1. The standard InChI is InChI=1S/C26H30Cl2N4O4/c1-5-12-32-16(4)22(24(33)36-14-15(2)3)23(31-26(32)35)17-6-9-19(10-7-17)29-25(34)30-21-11-8-18(27)13-20(21)28/h6-11,13,15,23H,5,12,14H2,1-4H3,(H,31,35)(H2,29,30,34). The highest BCUT2D eigenvalue weighted by molar-refractivity contribution is 6.36. The number of esters is 1. The zero-order chi connectivity index (χ0) is 26.4. The van der Waals surface area contributed by atoms with Gasteiger partial charge in [-0.2, -0.15) is 0 Å². The highest BCUT2D eigenvalue weighted by Crippen LogP contribution is 2.32. The van der Waals surface area contributed by atoms with Gasteiger partial charge in [0.25, 0.3) is 0 Å². The Bertz CT molecular complexity index is 1170. The molecule has 1 atom stereocenters. The molecule has 0 aromatic heterocycles. The first-order valence-electron chi connectivity index (χ1n) is 11.7. The molecule has 3 rings (SSSR count). The molecule has 1 aliphatic heterocycles. The lowest BCUT2D eigenvalue weighted by Crippen LogP contribution is -2.48. The van der Waals surface area contributed by atoms with Crippen molar-refractivity contribution in [3.8, 4) is 0 Å². The molecule has 192 valence electrons. The average Bonchev–Trinajstić information content (AvgIpc) is 2.82. The fourth-order valence-corrected chi connectivity index (χ4v) is 4.20. The van der Waals surface area contributed by atoms with E-state index in [0.29, 0.717) is 44.8 Å². The van der Waals surface area contributed by atoms with Crippen molar-refractivity contribution in [2.75, 3.05) is 23.8 Å². The summed E-state index contributed by atoms with van der Waals surface area (Å²) in [6.45, 7) is 8.41. The minimum atomic E-state index is -0.680. The Morgan fingerprint density at radius 2 is 1.81 bits per heavy atom. The third-order valence-corrected chi connectivity index (χ3v) is 6.04. The lowest BCUT2D eigenvalue weighted by atomic mass is 9.94. The van der Waals surface area contributed by atoms with Gasteiger partial charge in [-0.25, -0.2) is 14.4 Å². The van der Waals surface area contributed by atoms with Crippen LogP contribution in [0, 0.1) is 5.92 Å². The first-order valence-corrected chi connectivity index (χ1v) is 12.4. The zero-order valence-corrected chi connectivity index (χ0v) is 22.2. The van der Waals surface area contributed by atoms with Crippen LogP contribution in [0.4, 0.5) is 21.0 Å². The smallest absolute Gasteiger partial charge is 0.338 e. The maximum Gasteiger partial charge on any atom is 0.338 e. The van der Waals surface area contributed by atoms with Gasteiger partial charge in [0.2, 0.25) is 0 Å². The Morgan fingerprint density at radius 1 is 1.11 bits per heavy atom. The van der Waals surface area contributed by atoms with Gasteiger partial charge < -0.3 is 20.7 Å². The van der Waals surface area contributed by atoms with Gasteiger partial charge in [0.15, 0.2) is 0 Å². The Kier molecular flexibility index (Phi) is 9.23. The van der Waals surface area contributed by atoms with Crippen LogP contribution in [0.25, 0.3) is 0 Å². The van der Waals surface area contributed by atoms with Gasteiger partial charge in [0.1, 0.15) is 0 Å². The van der Waals surface area contributed by atoms with Crippen LogP contribution >= 0.6 is 23.2 Å². The van der Waals surface area contributed by atoms with Crippen molar-refractivity contribution in [3.63, 3.8) is 0 Å². The van der Waals surface area contributed by atoms with Crippen LogP contribution in [0.3, 0.4) is 0 Å². The van der Waals surface area contributed by atoms with E-state index in [-0.39, 0.29) is 18.6 Å². The Labute approximate surface area is 221 Å². The van der Waals surface area contributed by atoms with Crippen molar-refractivity contribution in [1.29, 1.82) is 0 Å². The summed E-state index contributed by atoms with van der Waals surface area (Å²) in [5, 5.41) is 9.10. The minimum Gasteiger partial charge on any atom is -0.462 e. The second-order valence-corrected chi connectivity index (χ2v) is 9.69. The summed E-state index contributed by atoms with van der Waals surface area (Å²) in [6.07, 6.45) is 0.743. The summed E-state index contributed by atoms with van der Waals surface area (Å²) in [7, 11) is 0. The molecule has 0 fully saturated rings. The monoisotopic (exact) mass is 532 g/mol. The Hall–Kier alpha value is -3.23. The summed E-state index contributed by atoms with van der Waals surface area (Å²) >= 11 is 12.0. The predicted molar refractivity (Wildman–Crippen MR) is 142 cm³/mol. The van der Waals surface area contributed by atoms with E-state index in [9.17, 15) is 14.4 Å². The zero-order valence-electron chi connectivity index (χ0n) is 20.7. The van der Waals surface area contributed by atoms with E-state index in [1.54, 1.807) is 48.2 Å². The predicted octanol–water partition coefficient (Wildman–Crippen LogP) is 6.59. The highest BCUT2D eigenvalue weighted by Gasteiger charge is 2.36. The van der Waals surface area contributed by atoms with Gasteiger partial charge in [-0.1, -0.05) is 56.1 Å². The van der Waals surface area contributed by atoms with E-state index in [1.165, 1.54) is 6.07 Å². The number of urea groups is 2. The number of hydrogen-bond acceptors (Lipinski definition) is 4. The fourth-order valence-electron chi connectivity index (χ4n) is 3.74. The van der Waals surface area contributed by atoms with Crippen molar-refractivity contribution >= 4 is 52.6 Å². The molecule has 1 aliphatic rings. The number of nitrogens with one attached hydrogen (secondary N) is 3. The van der Waals surface area contributed by atoms with Crippen LogP contribution in [0.15, 0.2) is 53.7 Å². The molecule has 3 N–H and O–H groups in total. The molecular formula is C26H30Cl2N4O4. The van der Waals surface area contributed by atoms with E-state index in [2.05, 4.69) is 16.0 Å². The number of hydrogen-bond donors (Lipinski definition) is 3. The molecule has 1 unspecified atom stereocenters. The van der Waals surface area contributed by atoms with Gasteiger partial charge in [-0.3, -0.25) is 4.90 Å². The summed E-state index contributed by atoms with van der Waals surface area (Å²) in [5.41, 5.74) is 2.57. The van der Waals surface area contributed by atoms with Crippen molar-refractivity contribution in [2.45, 2.75) is 40.2 Å². The lowest BCUT2D eigenvalue weighted by Gasteiger charge is -2.35. The van der Waals surface area contributed by atoms with Crippen molar-refractivity contribution in [3.05, 3.63) is 69.3 Å². The van der Waals surface area contributed by atoms with E-state index >= 15 is 0 Å². The highest BCUT2D eigenvalue weighted by atomic mass is 35.5. The number of carbonyl (C=O) groups excluding carboxylic acids is 3. The van der Waals surface area contributed by atoms with Gasteiger partial charge in [0, 0.05) is 23.0 Å². The number of carbonyl (C=O) groups is 3. The maximum atomic E-state index is 13.0. The lowest BCUT2D eigenvalue weighted by molar-refractivity contribution is -0.140. The molecule has 0 bridgehead atoms. The first kappa shape index (κ1) is 27.4. The van der Waals surface area contributed by atoms with Crippen LogP contribution in [0.2, 0.25) is 10.0 Å². The van der Waals surface area contributed by atoms with E-state index in [4.69, 9.17) is 27.9 Å². The number of rotatable bonds is 8. The summed E-state index contributed by atoms with van der Waals surface area (Å²) in [5.74, 6) is -0.286. The maximum absolute atomic E-state index is 13.0. The van der Waals surface area contributed by atoms with Gasteiger partial charge in [-0.05, 0) is 55.2 Å². The van der Waals surface area contributed by atoms with E-state index < -0.39 is 18.0 Å². The normalized spacial score (nSPS) is 15.6. The number of ether oxygens (including phenoxy) is 1. The number of nitrogens with zero attached hydrogens (tertiary/aromatic N) is 1. The van der Waals surface area contributed by atoms with Crippen LogP contribution in [0.5, 0.6) is 0 Å². The van der Waals surface area contributed by atoms with Crippen LogP contribution in [-0.2, 0) is 9.53 Å². The molecule has 8 nitrogen and oxygen atoms in total. The van der Waals surface area contributed by atoms with Crippen LogP contribution in [-0.4, -0.2) is 36.1 Å². The molecule has 36 heavy (non-hydrogen) atoms. The summed E-state index contributed by atoms with van der Waals surface area (Å²) < 4.78 is 5.52. The quantitative estimate of drug-likeness (QED) is 0.334. The topological polar surface area (TPSA) is 99.8 Å². The molecule has 10 heteroatoms. The van der Waals surface area contributed by atoms with E-state index in [1.807, 2.05) is 20.8 Å². The third-order valence-electron chi connectivity index (χ3n) is 5.49. The van der Waals surface area contributed by atoms with Gasteiger partial charge in [-0.15, -0.1) is 0 Å². The van der Waals surface area contributed by atoms with Crippen LogP contribution in [0.1, 0.15) is 45.7 Å². The van der Waals surface area contributed by atoms with Gasteiger partial charge >= 0.3 is 18.0 Å². The molecule has 0 saturated heterocycles. The Morgan fingerprint density at radius 3 is 2.42 bits per heavy atom. The molecule has 0 radical (unpaired) electrons. The van der Waals surface area contributed by atoms with Crippen molar-refractivity contribution in [2.24, 2.45) is 5.92 Å². The van der Waals surface area contributed by atoms with Crippen molar-refractivity contribution < 1.29 is 19.1 Å². The Balaban J connectivity index is 1.80. The molecule has 0 spiro atoms. The second kappa shape index (κ2) is 12.1. The largest absolute Gasteiger partial charge is 0.462 e. The molecule has 4 amide bonds. The molecule has 2 aromatic carbocycles. The number of amides is 4. The van der Waals surface area contributed by atoms with Crippen LogP contribution < -0.4 is 16.0 Å². The van der Waals surface area contributed by atoms with Crippen molar-refractivity contribution in [1.82, 2.24) is 10.2 Å². The van der Waals surface area contributed by atoms with E-state index in [0.717, 1.165) is 6.42 Å². The average molecular weight is 533 g/mol. The minimum absolute atomic E-state index is 0.178. The number of halogens is 2. The second-order valence-electron chi connectivity index (χ2n) is 8.85. The molecule has 2 aromatic rings. The fraction of sp³-hybridized carbons (Fsp3) is 0.346. The molecule has 0 aliphatic carbocycles. The number of benzene rings is 2. The number of anilines is 2. The number of allylic oxidation sites excluding steroid dienone is 1. The molecule has 1 heterocycles. The molecular weight excluding hydrogens is 503 g/mol. The SMILES string of the molecule is CCCN1C(=O)NC(c2ccc(NC(=O)Nc3ccc(Cl)cc3Cl)cc2)C(C(=O)OCC(C)C)=C1C. The summed E-state index contributed by atoms with van der Waals surface area (Å²) in [4.78, 5) is 39.8. The molecule has 0 saturated carbocycles.